The first-order valence-electron chi connectivity index (χ1n) is 8.87. The van der Waals surface area contributed by atoms with E-state index >= 15 is 0 Å². The number of aryl methyl sites for hydroxylation is 2. The van der Waals surface area contributed by atoms with Crippen molar-refractivity contribution in [1.82, 2.24) is 4.72 Å². The highest BCUT2D eigenvalue weighted by atomic mass is 32.2. The topological polar surface area (TPSA) is 102 Å². The lowest BCUT2D eigenvalue weighted by atomic mass is 10.0. The molecule has 0 saturated carbocycles. The monoisotopic (exact) mass is 402 g/mol. The Kier molecular flexibility index (Phi) is 5.81. The predicted octanol–water partition coefficient (Wildman–Crippen LogP) is 2.46. The molecule has 2 aromatic carbocycles. The maximum atomic E-state index is 13.0. The van der Waals surface area contributed by atoms with Crippen LogP contribution in [0.15, 0.2) is 47.4 Å². The Morgan fingerprint density at radius 2 is 1.89 bits per heavy atom. The maximum Gasteiger partial charge on any atom is 0.307 e. The van der Waals surface area contributed by atoms with Gasteiger partial charge in [0.2, 0.25) is 15.9 Å². The van der Waals surface area contributed by atoms with Crippen LogP contribution in [0, 0.1) is 6.92 Å². The lowest BCUT2D eigenvalue weighted by Crippen LogP contribution is -2.31. The first-order chi connectivity index (χ1) is 13.3. The smallest absolute Gasteiger partial charge is 0.307 e. The quantitative estimate of drug-likeness (QED) is 0.723. The lowest BCUT2D eigenvalue weighted by molar-refractivity contribution is -0.141. The molecule has 1 atom stereocenters. The number of ether oxygens (including phenoxy) is 1. The van der Waals surface area contributed by atoms with Crippen LogP contribution >= 0.6 is 0 Å². The molecular formula is C20H22N2O5S. The summed E-state index contributed by atoms with van der Waals surface area (Å²) in [4.78, 5) is 23.4. The second-order valence-electron chi connectivity index (χ2n) is 6.73. The van der Waals surface area contributed by atoms with E-state index in [1.165, 1.54) is 13.2 Å². The molecule has 0 spiro atoms. The third-order valence-corrected chi connectivity index (χ3v) is 6.13. The fraction of sp³-hybridized carbons (Fsp3) is 0.300. The van der Waals surface area contributed by atoms with Gasteiger partial charge < -0.3 is 10.1 Å². The minimum absolute atomic E-state index is 0.0845. The second kappa shape index (κ2) is 8.12. The van der Waals surface area contributed by atoms with Gasteiger partial charge in [0.15, 0.2) is 0 Å². The summed E-state index contributed by atoms with van der Waals surface area (Å²) >= 11 is 0. The van der Waals surface area contributed by atoms with Gasteiger partial charge in [-0.15, -0.1) is 0 Å². The van der Waals surface area contributed by atoms with Crippen molar-refractivity contribution < 1.29 is 22.7 Å². The number of anilines is 1. The fourth-order valence-electron chi connectivity index (χ4n) is 3.06. The minimum atomic E-state index is -3.89. The summed E-state index contributed by atoms with van der Waals surface area (Å²) in [6.45, 7) is 1.93. The van der Waals surface area contributed by atoms with E-state index in [0.717, 1.165) is 11.1 Å². The van der Waals surface area contributed by atoms with E-state index in [1.54, 1.807) is 24.3 Å². The molecule has 3 rings (SSSR count). The number of esters is 1. The van der Waals surface area contributed by atoms with E-state index in [4.69, 9.17) is 4.74 Å². The Balaban J connectivity index is 1.89. The molecule has 1 amide bonds. The highest BCUT2D eigenvalue weighted by Gasteiger charge is 2.25. The summed E-state index contributed by atoms with van der Waals surface area (Å²) in [5.41, 5.74) is 3.09. The molecule has 0 aliphatic carbocycles. The molecule has 1 aliphatic rings. The Morgan fingerprint density at radius 1 is 1.18 bits per heavy atom. The van der Waals surface area contributed by atoms with E-state index in [9.17, 15) is 18.0 Å². The van der Waals surface area contributed by atoms with Gasteiger partial charge in [0.1, 0.15) is 0 Å². The van der Waals surface area contributed by atoms with Crippen LogP contribution in [0.4, 0.5) is 5.69 Å². The van der Waals surface area contributed by atoms with Crippen molar-refractivity contribution in [2.24, 2.45) is 0 Å². The number of carbonyl (C=O) groups excluding carboxylic acids is 2. The van der Waals surface area contributed by atoms with Gasteiger partial charge in [-0.3, -0.25) is 9.59 Å². The molecule has 7 nitrogen and oxygen atoms in total. The molecule has 1 unspecified atom stereocenters. The van der Waals surface area contributed by atoms with Crippen LogP contribution in [0.2, 0.25) is 0 Å². The molecule has 148 valence electrons. The van der Waals surface area contributed by atoms with Gasteiger partial charge in [-0.25, -0.2) is 13.1 Å². The molecule has 1 heterocycles. The highest BCUT2D eigenvalue weighted by Crippen LogP contribution is 2.27. The molecule has 1 aliphatic heterocycles. The normalized spacial score (nSPS) is 14.7. The van der Waals surface area contributed by atoms with Crippen molar-refractivity contribution in [1.29, 1.82) is 0 Å². The van der Waals surface area contributed by atoms with Gasteiger partial charge in [-0.05, 0) is 42.7 Å². The van der Waals surface area contributed by atoms with E-state index < -0.39 is 22.0 Å². The van der Waals surface area contributed by atoms with Gasteiger partial charge >= 0.3 is 5.97 Å². The van der Waals surface area contributed by atoms with Crippen molar-refractivity contribution in [2.75, 3.05) is 12.4 Å². The average molecular weight is 402 g/mol. The number of nitrogens with one attached hydrogen (secondary N) is 2. The molecule has 2 aromatic rings. The number of hydrogen-bond acceptors (Lipinski definition) is 5. The van der Waals surface area contributed by atoms with E-state index in [1.807, 2.05) is 19.1 Å². The largest absolute Gasteiger partial charge is 0.469 e. The van der Waals surface area contributed by atoms with Crippen molar-refractivity contribution >= 4 is 27.6 Å². The number of fused-ring (bicyclic) bond motifs is 1. The molecule has 0 fully saturated rings. The first-order valence-corrected chi connectivity index (χ1v) is 10.4. The molecule has 0 saturated heterocycles. The van der Waals surface area contributed by atoms with E-state index in [-0.39, 0.29) is 17.2 Å². The molecule has 28 heavy (non-hydrogen) atoms. The average Bonchev–Trinajstić information content (AvgIpc) is 2.67. The Morgan fingerprint density at radius 3 is 2.57 bits per heavy atom. The van der Waals surface area contributed by atoms with Crippen LogP contribution < -0.4 is 10.0 Å². The minimum Gasteiger partial charge on any atom is -0.469 e. The second-order valence-corrected chi connectivity index (χ2v) is 8.45. The summed E-state index contributed by atoms with van der Waals surface area (Å²) in [6.07, 6.45) is 0.673. The van der Waals surface area contributed by atoms with Crippen molar-refractivity contribution in [3.05, 3.63) is 59.2 Å². The highest BCUT2D eigenvalue weighted by molar-refractivity contribution is 7.89. The van der Waals surface area contributed by atoms with Gasteiger partial charge in [0.25, 0.3) is 0 Å². The number of amides is 1. The molecular weight excluding hydrogens is 380 g/mol. The summed E-state index contributed by atoms with van der Waals surface area (Å²) in [7, 11) is -2.62. The summed E-state index contributed by atoms with van der Waals surface area (Å²) in [6, 6.07) is 11.1. The molecule has 0 radical (unpaired) electrons. The van der Waals surface area contributed by atoms with E-state index in [2.05, 4.69) is 10.0 Å². The number of methoxy groups -OCH3 is 1. The molecule has 0 aromatic heterocycles. The van der Waals surface area contributed by atoms with Gasteiger partial charge in [-0.1, -0.05) is 29.8 Å². The number of carbonyl (C=O) groups is 2. The lowest BCUT2D eigenvalue weighted by Gasteiger charge is -2.20. The Bertz CT molecular complexity index is 1000. The Hall–Kier alpha value is -2.71. The van der Waals surface area contributed by atoms with Crippen molar-refractivity contribution in [3.63, 3.8) is 0 Å². The van der Waals surface area contributed by atoms with Gasteiger partial charge in [0.05, 0.1) is 24.5 Å². The number of sulfonamides is 1. The summed E-state index contributed by atoms with van der Waals surface area (Å²) < 4.78 is 33.2. The zero-order chi connectivity index (χ0) is 20.3. The van der Waals surface area contributed by atoms with Gasteiger partial charge in [-0.2, -0.15) is 0 Å². The van der Waals surface area contributed by atoms with Crippen molar-refractivity contribution in [3.8, 4) is 0 Å². The number of benzene rings is 2. The fourth-order valence-corrected chi connectivity index (χ4v) is 4.33. The van der Waals surface area contributed by atoms with Gasteiger partial charge in [0, 0.05) is 12.1 Å². The zero-order valence-corrected chi connectivity index (χ0v) is 16.5. The summed E-state index contributed by atoms with van der Waals surface area (Å²) in [5.74, 6) is -0.597. The van der Waals surface area contributed by atoms with Crippen LogP contribution in [-0.2, 0) is 30.8 Å². The van der Waals surface area contributed by atoms with E-state index in [0.29, 0.717) is 24.1 Å². The standard InChI is InChI=1S/C20H22N2O5S/c1-13-3-5-14(6-4-13)18(12-20(24)27-2)22-28(25,26)16-8-9-17-15(11-16)7-10-19(23)21-17/h3-6,8-9,11,18,22H,7,10,12H2,1-2H3,(H,21,23). The maximum absolute atomic E-state index is 13.0. The van der Waals surface area contributed by atoms with Crippen LogP contribution in [0.25, 0.3) is 0 Å². The van der Waals surface area contributed by atoms with Crippen LogP contribution in [0.1, 0.15) is 35.6 Å². The third-order valence-electron chi connectivity index (χ3n) is 4.66. The number of rotatable bonds is 6. The molecule has 0 bridgehead atoms. The summed E-state index contributed by atoms with van der Waals surface area (Å²) in [5, 5.41) is 2.73. The van der Waals surface area contributed by atoms with Crippen LogP contribution in [0.3, 0.4) is 0 Å². The molecule has 8 heteroatoms. The third kappa shape index (κ3) is 4.58. The number of hydrogen-bond donors (Lipinski definition) is 2. The first kappa shape index (κ1) is 20.0. The Labute approximate surface area is 164 Å². The van der Waals surface area contributed by atoms with Crippen molar-refractivity contribution in [2.45, 2.75) is 37.1 Å². The zero-order valence-electron chi connectivity index (χ0n) is 15.7. The SMILES string of the molecule is COC(=O)CC(NS(=O)(=O)c1ccc2c(c1)CCC(=O)N2)c1ccc(C)cc1. The predicted molar refractivity (Wildman–Crippen MR) is 104 cm³/mol. The van der Waals surface area contributed by atoms with Crippen LogP contribution in [0.5, 0.6) is 0 Å². The van der Waals surface area contributed by atoms with Crippen LogP contribution in [-0.4, -0.2) is 27.4 Å². The molecule has 2 N–H and O–H groups in total.